The number of urea groups is 1. The Hall–Kier alpha value is -2.38. The Labute approximate surface area is 183 Å². The number of piperazine rings is 1. The van der Waals surface area contributed by atoms with Crippen molar-refractivity contribution in [1.29, 1.82) is 0 Å². The minimum absolute atomic E-state index is 0.195. The van der Waals surface area contributed by atoms with Crippen molar-refractivity contribution in [1.82, 2.24) is 5.32 Å². The van der Waals surface area contributed by atoms with Crippen LogP contribution >= 0.6 is 7.60 Å². The number of hydrogen-bond acceptors (Lipinski definition) is 6. The van der Waals surface area contributed by atoms with E-state index in [9.17, 15) is 9.36 Å². The summed E-state index contributed by atoms with van der Waals surface area (Å²) in [4.78, 5) is 14.6. The van der Waals surface area contributed by atoms with Crippen LogP contribution in [0.25, 0.3) is 0 Å². The topological polar surface area (TPSA) is 91.9 Å². The lowest BCUT2D eigenvalue weighted by Gasteiger charge is -2.29. The summed E-state index contributed by atoms with van der Waals surface area (Å²) < 4.78 is 23.3. The molecule has 0 aliphatic carbocycles. The van der Waals surface area contributed by atoms with Crippen LogP contribution in [0.4, 0.5) is 21.9 Å². The highest BCUT2D eigenvalue weighted by atomic mass is 31.2. The number of anilines is 3. The van der Waals surface area contributed by atoms with E-state index in [1.807, 2.05) is 36.4 Å². The summed E-state index contributed by atoms with van der Waals surface area (Å²) in [7, 11) is -3.15. The third kappa shape index (κ3) is 7.08. The van der Waals surface area contributed by atoms with Crippen molar-refractivity contribution < 1.29 is 18.4 Å². The fourth-order valence-corrected chi connectivity index (χ4v) is 5.11. The lowest BCUT2D eigenvalue weighted by Crippen LogP contribution is -2.43. The van der Waals surface area contributed by atoms with Gasteiger partial charge in [-0.15, -0.1) is 0 Å². The lowest BCUT2D eigenvalue weighted by atomic mass is 10.2. The van der Waals surface area contributed by atoms with Crippen molar-refractivity contribution in [3.05, 3.63) is 54.1 Å². The Morgan fingerprint density at radius 1 is 0.935 bits per heavy atom. The summed E-state index contributed by atoms with van der Waals surface area (Å²) >= 11 is 0. The van der Waals surface area contributed by atoms with Crippen LogP contribution in [0.3, 0.4) is 0 Å². The summed E-state index contributed by atoms with van der Waals surface area (Å²) in [6.07, 6.45) is 0.195. The highest BCUT2D eigenvalue weighted by Gasteiger charge is 2.23. The molecule has 168 valence electrons. The minimum Gasteiger partial charge on any atom is -0.369 e. The van der Waals surface area contributed by atoms with E-state index in [-0.39, 0.29) is 12.2 Å². The van der Waals surface area contributed by atoms with Gasteiger partial charge in [-0.2, -0.15) is 0 Å². The van der Waals surface area contributed by atoms with Crippen molar-refractivity contribution in [2.75, 3.05) is 54.9 Å². The Balaban J connectivity index is 1.52. The van der Waals surface area contributed by atoms with Gasteiger partial charge in [0.1, 0.15) is 0 Å². The molecule has 1 aliphatic rings. The molecule has 0 radical (unpaired) electrons. The molecule has 0 spiro atoms. The maximum absolute atomic E-state index is 12.6. The molecule has 0 saturated carbocycles. The van der Waals surface area contributed by atoms with E-state index in [1.54, 1.807) is 26.0 Å². The molecule has 3 rings (SSSR count). The van der Waals surface area contributed by atoms with E-state index in [1.165, 1.54) is 0 Å². The van der Waals surface area contributed by atoms with E-state index >= 15 is 0 Å². The quantitative estimate of drug-likeness (QED) is 0.491. The number of amides is 2. The molecule has 2 aromatic rings. The molecule has 8 nitrogen and oxygen atoms in total. The van der Waals surface area contributed by atoms with Crippen LogP contribution in [0.1, 0.15) is 19.4 Å². The Morgan fingerprint density at radius 3 is 1.97 bits per heavy atom. The van der Waals surface area contributed by atoms with Crippen LogP contribution in [0, 0.1) is 0 Å². The molecule has 0 bridgehead atoms. The van der Waals surface area contributed by atoms with Gasteiger partial charge >= 0.3 is 13.6 Å². The average molecular weight is 446 g/mol. The minimum atomic E-state index is -3.15. The standard InChI is InChI=1S/C22H31N4O4P/c1-3-29-31(28,30-4-2)17-18-5-7-19(8-6-18)24-22(27)25-20-9-11-21(12-10-20)26-15-13-23-14-16-26/h5-12,23H,3-4,13-17H2,1-2H3,(H2,24,25,27). The largest absolute Gasteiger partial charge is 0.369 e. The molecule has 0 aromatic heterocycles. The van der Waals surface area contributed by atoms with E-state index in [2.05, 4.69) is 20.9 Å². The van der Waals surface area contributed by atoms with Crippen LogP contribution in [0.15, 0.2) is 48.5 Å². The fourth-order valence-electron chi connectivity index (χ4n) is 3.41. The molecule has 1 aliphatic heterocycles. The van der Waals surface area contributed by atoms with Crippen LogP contribution in [-0.4, -0.2) is 45.4 Å². The van der Waals surface area contributed by atoms with E-state index in [0.717, 1.165) is 43.1 Å². The Bertz CT molecular complexity index is 873. The maximum atomic E-state index is 12.6. The summed E-state index contributed by atoms with van der Waals surface area (Å²) in [5.41, 5.74) is 3.34. The molecular formula is C22H31N4O4P. The summed E-state index contributed by atoms with van der Waals surface area (Å²) in [5, 5.41) is 8.99. The second-order valence-electron chi connectivity index (χ2n) is 7.16. The molecule has 3 N–H and O–H groups in total. The Kier molecular flexibility index (Phi) is 8.49. The monoisotopic (exact) mass is 446 g/mol. The molecule has 1 saturated heterocycles. The predicted octanol–water partition coefficient (Wildman–Crippen LogP) is 4.51. The normalized spacial score (nSPS) is 14.3. The SMILES string of the molecule is CCOP(=O)(Cc1ccc(NC(=O)Nc2ccc(N3CCNCC3)cc2)cc1)OCC. The summed E-state index contributed by atoms with van der Waals surface area (Å²) in [5.74, 6) is 0. The first-order chi connectivity index (χ1) is 15.0. The first kappa shape index (κ1) is 23.3. The van der Waals surface area contributed by atoms with Gasteiger partial charge in [-0.3, -0.25) is 4.57 Å². The third-order valence-corrected chi connectivity index (χ3v) is 6.90. The first-order valence-corrected chi connectivity index (χ1v) is 12.3. The van der Waals surface area contributed by atoms with Crippen LogP contribution in [0.5, 0.6) is 0 Å². The van der Waals surface area contributed by atoms with Crippen LogP contribution in [-0.2, 0) is 19.8 Å². The van der Waals surface area contributed by atoms with Crippen LogP contribution in [0.2, 0.25) is 0 Å². The zero-order valence-corrected chi connectivity index (χ0v) is 19.0. The maximum Gasteiger partial charge on any atom is 0.335 e. The average Bonchev–Trinajstić information content (AvgIpc) is 2.76. The molecule has 1 fully saturated rings. The lowest BCUT2D eigenvalue weighted by molar-refractivity contribution is 0.219. The number of nitrogens with one attached hydrogen (secondary N) is 3. The van der Waals surface area contributed by atoms with Crippen molar-refractivity contribution >= 4 is 30.7 Å². The molecule has 31 heavy (non-hydrogen) atoms. The van der Waals surface area contributed by atoms with Crippen molar-refractivity contribution in [3.63, 3.8) is 0 Å². The van der Waals surface area contributed by atoms with Gasteiger partial charge in [0.15, 0.2) is 0 Å². The second-order valence-corrected chi connectivity index (χ2v) is 9.22. The van der Waals surface area contributed by atoms with E-state index < -0.39 is 7.60 Å². The molecular weight excluding hydrogens is 415 g/mol. The number of carbonyl (C=O) groups is 1. The van der Waals surface area contributed by atoms with Gasteiger partial charge in [0.25, 0.3) is 0 Å². The Morgan fingerprint density at radius 2 is 1.45 bits per heavy atom. The zero-order valence-electron chi connectivity index (χ0n) is 18.1. The number of hydrogen-bond donors (Lipinski definition) is 3. The van der Waals surface area contributed by atoms with Gasteiger partial charge in [-0.25, -0.2) is 4.79 Å². The third-order valence-electron chi connectivity index (χ3n) is 4.85. The fraction of sp³-hybridized carbons (Fsp3) is 0.409. The predicted molar refractivity (Wildman–Crippen MR) is 125 cm³/mol. The molecule has 2 amide bonds. The summed E-state index contributed by atoms with van der Waals surface area (Å²) in [6, 6.07) is 14.7. The van der Waals surface area contributed by atoms with Gasteiger partial charge in [-0.05, 0) is 55.8 Å². The molecule has 1 heterocycles. The van der Waals surface area contributed by atoms with E-state index in [4.69, 9.17) is 9.05 Å². The van der Waals surface area contributed by atoms with Crippen molar-refractivity contribution in [3.8, 4) is 0 Å². The zero-order chi connectivity index (χ0) is 22.1. The second kappa shape index (κ2) is 11.3. The van der Waals surface area contributed by atoms with Gasteiger partial charge in [0.2, 0.25) is 0 Å². The van der Waals surface area contributed by atoms with Gasteiger partial charge in [0, 0.05) is 43.2 Å². The molecule has 0 unspecified atom stereocenters. The molecule has 2 aromatic carbocycles. The van der Waals surface area contributed by atoms with Crippen molar-refractivity contribution in [2.24, 2.45) is 0 Å². The number of benzene rings is 2. The summed E-state index contributed by atoms with van der Waals surface area (Å²) in [6.45, 7) is 8.15. The number of carbonyl (C=O) groups excluding carboxylic acids is 1. The van der Waals surface area contributed by atoms with E-state index in [0.29, 0.717) is 18.9 Å². The number of nitrogens with zero attached hydrogens (tertiary/aromatic N) is 1. The molecule has 9 heteroatoms. The van der Waals surface area contributed by atoms with Crippen LogP contribution < -0.4 is 20.9 Å². The number of rotatable bonds is 9. The molecule has 0 atom stereocenters. The van der Waals surface area contributed by atoms with Crippen molar-refractivity contribution in [2.45, 2.75) is 20.0 Å². The van der Waals surface area contributed by atoms with Gasteiger partial charge in [0.05, 0.1) is 19.4 Å². The van der Waals surface area contributed by atoms with Gasteiger partial charge in [-0.1, -0.05) is 12.1 Å². The smallest absolute Gasteiger partial charge is 0.335 e. The highest BCUT2D eigenvalue weighted by Crippen LogP contribution is 2.51. The van der Waals surface area contributed by atoms with Gasteiger partial charge < -0.3 is 29.9 Å². The first-order valence-electron chi connectivity index (χ1n) is 10.6. The highest BCUT2D eigenvalue weighted by molar-refractivity contribution is 7.53.